The summed E-state index contributed by atoms with van der Waals surface area (Å²) in [5, 5.41) is 3.32. The maximum atomic E-state index is 5.45. The Hall–Kier alpha value is -1.58. The minimum Gasteiger partial charge on any atom is -0.383 e. The Labute approximate surface area is 58.6 Å². The van der Waals surface area contributed by atoms with Gasteiger partial charge in [0.1, 0.15) is 5.82 Å². The van der Waals surface area contributed by atoms with Crippen molar-refractivity contribution in [3.05, 3.63) is 23.9 Å². The lowest BCUT2D eigenvalue weighted by molar-refractivity contribution is 1.25. The van der Waals surface area contributed by atoms with Gasteiger partial charge in [0.05, 0.1) is 6.21 Å². The summed E-state index contributed by atoms with van der Waals surface area (Å²) >= 11 is 0. The molecule has 0 unspecified atom stereocenters. The largest absolute Gasteiger partial charge is 0.383 e. The zero-order valence-electron chi connectivity index (χ0n) is 5.36. The van der Waals surface area contributed by atoms with E-state index in [4.69, 9.17) is 11.6 Å². The SMILES string of the molecule is N/N=C\c1cccnc1N. The number of aromatic nitrogens is 1. The number of pyridine rings is 1. The van der Waals surface area contributed by atoms with Gasteiger partial charge in [-0.2, -0.15) is 5.10 Å². The molecule has 4 N–H and O–H groups in total. The molecule has 0 spiro atoms. The van der Waals surface area contributed by atoms with Crippen LogP contribution in [0.2, 0.25) is 0 Å². The predicted octanol–water partition coefficient (Wildman–Crippen LogP) is -0.0436. The van der Waals surface area contributed by atoms with Crippen LogP contribution in [-0.2, 0) is 0 Å². The van der Waals surface area contributed by atoms with E-state index in [2.05, 4.69) is 10.1 Å². The molecule has 0 aliphatic heterocycles. The highest BCUT2D eigenvalue weighted by Gasteiger charge is 1.91. The van der Waals surface area contributed by atoms with Crippen molar-refractivity contribution in [3.63, 3.8) is 0 Å². The maximum Gasteiger partial charge on any atom is 0.132 e. The second-order valence-electron chi connectivity index (χ2n) is 1.76. The molecule has 0 aliphatic rings. The quantitative estimate of drug-likeness (QED) is 0.323. The fourth-order valence-corrected chi connectivity index (χ4v) is 0.619. The van der Waals surface area contributed by atoms with Gasteiger partial charge in [-0.3, -0.25) is 0 Å². The Balaban J connectivity index is 3.03. The molecule has 1 aromatic heterocycles. The van der Waals surface area contributed by atoms with Crippen molar-refractivity contribution in [1.29, 1.82) is 0 Å². The van der Waals surface area contributed by atoms with E-state index in [1.807, 2.05) is 0 Å². The third kappa shape index (κ3) is 1.22. The molecule has 0 saturated heterocycles. The van der Waals surface area contributed by atoms with Gasteiger partial charge in [-0.25, -0.2) is 4.98 Å². The molecule has 0 bridgehead atoms. The van der Waals surface area contributed by atoms with Gasteiger partial charge in [-0.05, 0) is 12.1 Å². The van der Waals surface area contributed by atoms with E-state index in [1.54, 1.807) is 18.3 Å². The van der Waals surface area contributed by atoms with Crippen molar-refractivity contribution >= 4 is 12.0 Å². The van der Waals surface area contributed by atoms with Gasteiger partial charge in [0.15, 0.2) is 0 Å². The average Bonchev–Trinajstić information content (AvgIpc) is 1.94. The zero-order chi connectivity index (χ0) is 7.40. The first-order chi connectivity index (χ1) is 4.84. The number of hydrogen-bond donors (Lipinski definition) is 2. The van der Waals surface area contributed by atoms with Gasteiger partial charge >= 0.3 is 0 Å². The van der Waals surface area contributed by atoms with E-state index in [1.165, 1.54) is 6.21 Å². The van der Waals surface area contributed by atoms with Crippen LogP contribution in [0.4, 0.5) is 5.82 Å². The molecule has 1 heterocycles. The molecule has 1 aromatic rings. The summed E-state index contributed by atoms with van der Waals surface area (Å²) in [6.45, 7) is 0. The summed E-state index contributed by atoms with van der Waals surface area (Å²) in [6.07, 6.45) is 3.07. The third-order valence-electron chi connectivity index (χ3n) is 1.08. The van der Waals surface area contributed by atoms with Gasteiger partial charge in [0.25, 0.3) is 0 Å². The average molecular weight is 136 g/mol. The number of rotatable bonds is 1. The van der Waals surface area contributed by atoms with E-state index in [0.717, 1.165) is 5.56 Å². The summed E-state index contributed by atoms with van der Waals surface area (Å²) in [4.78, 5) is 3.83. The van der Waals surface area contributed by atoms with E-state index >= 15 is 0 Å². The molecule has 4 heteroatoms. The van der Waals surface area contributed by atoms with E-state index in [9.17, 15) is 0 Å². The van der Waals surface area contributed by atoms with Crippen LogP contribution < -0.4 is 11.6 Å². The highest BCUT2D eigenvalue weighted by molar-refractivity contribution is 5.84. The Bertz CT molecular complexity index is 243. The standard InChI is InChI=1S/C6H8N4/c7-6-5(4-10-8)2-1-3-9-6/h1-4H,8H2,(H2,7,9)/b10-4-. The Morgan fingerprint density at radius 3 is 3.00 bits per heavy atom. The molecule has 0 aliphatic carbocycles. The predicted molar refractivity (Wildman–Crippen MR) is 40.4 cm³/mol. The topological polar surface area (TPSA) is 77.3 Å². The first-order valence-corrected chi connectivity index (χ1v) is 2.78. The van der Waals surface area contributed by atoms with Gasteiger partial charge < -0.3 is 11.6 Å². The first kappa shape index (κ1) is 6.54. The maximum absolute atomic E-state index is 5.45. The number of anilines is 1. The molecule has 0 atom stereocenters. The van der Waals surface area contributed by atoms with Crippen molar-refractivity contribution in [2.45, 2.75) is 0 Å². The van der Waals surface area contributed by atoms with Crippen molar-refractivity contribution in [1.82, 2.24) is 4.98 Å². The van der Waals surface area contributed by atoms with Crippen molar-refractivity contribution in [3.8, 4) is 0 Å². The molecule has 0 amide bonds. The van der Waals surface area contributed by atoms with Crippen molar-refractivity contribution < 1.29 is 0 Å². The molecule has 0 saturated carbocycles. The molecular weight excluding hydrogens is 128 g/mol. The minimum absolute atomic E-state index is 0.441. The lowest BCUT2D eigenvalue weighted by Crippen LogP contribution is -1.96. The van der Waals surface area contributed by atoms with Crippen LogP contribution in [0.5, 0.6) is 0 Å². The summed E-state index contributed by atoms with van der Waals surface area (Å²) in [5.41, 5.74) is 6.19. The second kappa shape index (κ2) is 2.82. The van der Waals surface area contributed by atoms with Crippen LogP contribution >= 0.6 is 0 Å². The smallest absolute Gasteiger partial charge is 0.132 e. The normalized spacial score (nSPS) is 10.4. The van der Waals surface area contributed by atoms with E-state index in [0.29, 0.717) is 5.82 Å². The number of nitrogens with zero attached hydrogens (tertiary/aromatic N) is 2. The number of hydrogen-bond acceptors (Lipinski definition) is 4. The Morgan fingerprint density at radius 1 is 1.60 bits per heavy atom. The summed E-state index contributed by atoms with van der Waals surface area (Å²) in [5.74, 6) is 5.36. The number of nitrogens with two attached hydrogens (primary N) is 2. The van der Waals surface area contributed by atoms with Gasteiger partial charge in [-0.15, -0.1) is 0 Å². The fourth-order valence-electron chi connectivity index (χ4n) is 0.619. The molecule has 10 heavy (non-hydrogen) atoms. The van der Waals surface area contributed by atoms with Crippen LogP contribution in [0.1, 0.15) is 5.56 Å². The first-order valence-electron chi connectivity index (χ1n) is 2.78. The van der Waals surface area contributed by atoms with E-state index < -0.39 is 0 Å². The van der Waals surface area contributed by atoms with Crippen LogP contribution in [0, 0.1) is 0 Å². The zero-order valence-corrected chi connectivity index (χ0v) is 5.36. The summed E-state index contributed by atoms with van der Waals surface area (Å²) in [7, 11) is 0. The third-order valence-corrected chi connectivity index (χ3v) is 1.08. The second-order valence-corrected chi connectivity index (χ2v) is 1.76. The van der Waals surface area contributed by atoms with Gasteiger partial charge in [0.2, 0.25) is 0 Å². The van der Waals surface area contributed by atoms with Crippen LogP contribution in [-0.4, -0.2) is 11.2 Å². The van der Waals surface area contributed by atoms with Gasteiger partial charge in [-0.1, -0.05) is 0 Å². The fraction of sp³-hybridized carbons (Fsp3) is 0. The lowest BCUT2D eigenvalue weighted by atomic mass is 10.3. The number of hydrazone groups is 1. The van der Waals surface area contributed by atoms with Crippen LogP contribution in [0.25, 0.3) is 0 Å². The molecule has 0 radical (unpaired) electrons. The Morgan fingerprint density at radius 2 is 2.40 bits per heavy atom. The molecular formula is C6H8N4. The lowest BCUT2D eigenvalue weighted by Gasteiger charge is -1.94. The molecule has 52 valence electrons. The molecule has 4 nitrogen and oxygen atoms in total. The molecule has 0 fully saturated rings. The van der Waals surface area contributed by atoms with Gasteiger partial charge in [0, 0.05) is 11.8 Å². The highest BCUT2D eigenvalue weighted by atomic mass is 15.1. The van der Waals surface area contributed by atoms with Crippen LogP contribution in [0.15, 0.2) is 23.4 Å². The molecule has 1 rings (SSSR count). The molecule has 0 aromatic carbocycles. The Kier molecular flexibility index (Phi) is 1.84. The monoisotopic (exact) mass is 136 g/mol. The summed E-state index contributed by atoms with van der Waals surface area (Å²) < 4.78 is 0. The van der Waals surface area contributed by atoms with Crippen LogP contribution in [0.3, 0.4) is 0 Å². The van der Waals surface area contributed by atoms with Crippen molar-refractivity contribution in [2.75, 3.05) is 5.73 Å². The number of nitrogen functional groups attached to an aromatic ring is 1. The van der Waals surface area contributed by atoms with Crippen molar-refractivity contribution in [2.24, 2.45) is 10.9 Å². The summed E-state index contributed by atoms with van der Waals surface area (Å²) in [6, 6.07) is 3.56. The highest BCUT2D eigenvalue weighted by Crippen LogP contribution is 2.01. The minimum atomic E-state index is 0.441. The van der Waals surface area contributed by atoms with E-state index in [-0.39, 0.29) is 0 Å².